The largest absolute Gasteiger partial charge is 0.365 e. The number of anilines is 1. The van der Waals surface area contributed by atoms with Gasteiger partial charge >= 0.3 is 0 Å². The van der Waals surface area contributed by atoms with Gasteiger partial charge in [0.2, 0.25) is 0 Å². The number of rotatable bonds is 3. The molecule has 2 aliphatic rings. The third-order valence-electron chi connectivity index (χ3n) is 4.11. The number of hydrogen-bond acceptors (Lipinski definition) is 4. The summed E-state index contributed by atoms with van der Waals surface area (Å²) >= 11 is 0. The Morgan fingerprint density at radius 3 is 3.05 bits per heavy atom. The molecule has 1 amide bonds. The van der Waals surface area contributed by atoms with Gasteiger partial charge in [-0.15, -0.1) is 0 Å². The monoisotopic (exact) mass is 260 g/mol. The number of pyridine rings is 1. The van der Waals surface area contributed by atoms with Crippen LogP contribution in [0.25, 0.3) is 0 Å². The van der Waals surface area contributed by atoms with Crippen molar-refractivity contribution < 1.29 is 4.79 Å². The minimum Gasteiger partial charge on any atom is -0.365 e. The molecule has 0 saturated carbocycles. The van der Waals surface area contributed by atoms with Crippen LogP contribution in [0.1, 0.15) is 41.4 Å². The molecule has 1 aromatic heterocycles. The number of aryl methyl sites for hydroxylation is 2. The van der Waals surface area contributed by atoms with Crippen LogP contribution in [0.2, 0.25) is 0 Å². The van der Waals surface area contributed by atoms with Gasteiger partial charge in [0.05, 0.1) is 5.56 Å². The van der Waals surface area contributed by atoms with E-state index in [-0.39, 0.29) is 5.54 Å². The molecule has 19 heavy (non-hydrogen) atoms. The molecule has 5 nitrogen and oxygen atoms in total. The number of carbonyl (C=O) groups excluding carboxylic acids is 1. The first-order valence-electron chi connectivity index (χ1n) is 6.89. The van der Waals surface area contributed by atoms with Crippen molar-refractivity contribution in [2.24, 2.45) is 5.73 Å². The summed E-state index contributed by atoms with van der Waals surface area (Å²) in [6.07, 6.45) is 4.13. The molecule has 0 spiro atoms. The van der Waals surface area contributed by atoms with Crippen LogP contribution in [0.4, 0.5) is 5.82 Å². The maximum atomic E-state index is 11.6. The number of fused-ring (bicyclic) bond motifs is 1. The number of nitrogens with two attached hydrogens (primary N) is 1. The first-order valence-corrected chi connectivity index (χ1v) is 6.89. The smallest absolute Gasteiger partial charge is 0.252 e. The standard InChI is InChI=1S/C14H20N4O/c1-14(5-6-16-8-14)18-13-10(12(15)19)7-9-3-2-4-11(9)17-13/h7,16H,2-6,8H2,1H3,(H2,15,19)(H,17,18). The van der Waals surface area contributed by atoms with E-state index in [9.17, 15) is 4.79 Å². The molecule has 1 atom stereocenters. The lowest BCUT2D eigenvalue weighted by Crippen LogP contribution is -2.38. The predicted molar refractivity (Wildman–Crippen MR) is 74.3 cm³/mol. The van der Waals surface area contributed by atoms with E-state index in [2.05, 4.69) is 22.5 Å². The molecule has 1 saturated heterocycles. The van der Waals surface area contributed by atoms with E-state index in [1.807, 2.05) is 6.07 Å². The molecule has 1 unspecified atom stereocenters. The molecule has 0 aromatic carbocycles. The molecule has 102 valence electrons. The predicted octanol–water partition coefficient (Wildman–Crippen LogP) is 0.833. The highest BCUT2D eigenvalue weighted by Crippen LogP contribution is 2.28. The Morgan fingerprint density at radius 2 is 2.37 bits per heavy atom. The zero-order valence-electron chi connectivity index (χ0n) is 11.3. The van der Waals surface area contributed by atoms with Gasteiger partial charge in [-0.05, 0) is 50.8 Å². The summed E-state index contributed by atoms with van der Waals surface area (Å²) in [4.78, 5) is 16.3. The fourth-order valence-electron chi connectivity index (χ4n) is 2.96. The average molecular weight is 260 g/mol. The van der Waals surface area contributed by atoms with Crippen molar-refractivity contribution in [3.8, 4) is 0 Å². The summed E-state index contributed by atoms with van der Waals surface area (Å²) in [5, 5.41) is 6.75. The number of hydrogen-bond donors (Lipinski definition) is 3. The second kappa shape index (κ2) is 4.49. The van der Waals surface area contributed by atoms with Crippen molar-refractivity contribution in [1.82, 2.24) is 10.3 Å². The zero-order chi connectivity index (χ0) is 13.5. The van der Waals surface area contributed by atoms with Gasteiger partial charge in [0, 0.05) is 17.8 Å². The fourth-order valence-corrected chi connectivity index (χ4v) is 2.96. The van der Waals surface area contributed by atoms with E-state index >= 15 is 0 Å². The number of nitrogens with zero attached hydrogens (tertiary/aromatic N) is 1. The van der Waals surface area contributed by atoms with Crippen LogP contribution in [-0.4, -0.2) is 29.5 Å². The van der Waals surface area contributed by atoms with Gasteiger partial charge in [0.25, 0.3) is 5.91 Å². The number of aromatic nitrogens is 1. The molecular formula is C14H20N4O. The molecule has 1 fully saturated rings. The van der Waals surface area contributed by atoms with E-state index < -0.39 is 5.91 Å². The van der Waals surface area contributed by atoms with Crippen molar-refractivity contribution in [1.29, 1.82) is 0 Å². The van der Waals surface area contributed by atoms with Gasteiger partial charge in [-0.3, -0.25) is 4.79 Å². The van der Waals surface area contributed by atoms with Crippen molar-refractivity contribution in [3.63, 3.8) is 0 Å². The highest BCUT2D eigenvalue weighted by Gasteiger charge is 2.30. The third-order valence-corrected chi connectivity index (χ3v) is 4.11. The van der Waals surface area contributed by atoms with Gasteiger partial charge < -0.3 is 16.4 Å². The van der Waals surface area contributed by atoms with Crippen LogP contribution in [0.15, 0.2) is 6.07 Å². The van der Waals surface area contributed by atoms with E-state index in [1.165, 1.54) is 5.56 Å². The number of amides is 1. The molecule has 0 radical (unpaired) electrons. The van der Waals surface area contributed by atoms with Gasteiger partial charge in [-0.2, -0.15) is 0 Å². The lowest BCUT2D eigenvalue weighted by Gasteiger charge is -2.26. The molecule has 1 aromatic rings. The molecular weight excluding hydrogens is 240 g/mol. The van der Waals surface area contributed by atoms with Crippen molar-refractivity contribution >= 4 is 11.7 Å². The normalized spacial score (nSPS) is 25.3. The summed E-state index contributed by atoms with van der Waals surface area (Å²) in [5.41, 5.74) is 8.25. The van der Waals surface area contributed by atoms with E-state index in [0.717, 1.165) is 44.5 Å². The van der Waals surface area contributed by atoms with Crippen molar-refractivity contribution in [3.05, 3.63) is 22.9 Å². The maximum absolute atomic E-state index is 11.6. The Labute approximate surface area is 113 Å². The quantitative estimate of drug-likeness (QED) is 0.752. The van der Waals surface area contributed by atoms with Crippen molar-refractivity contribution in [2.45, 2.75) is 38.1 Å². The number of nitrogens with one attached hydrogen (secondary N) is 2. The summed E-state index contributed by atoms with van der Waals surface area (Å²) in [7, 11) is 0. The summed E-state index contributed by atoms with van der Waals surface area (Å²) < 4.78 is 0. The number of carbonyl (C=O) groups is 1. The van der Waals surface area contributed by atoms with Gasteiger partial charge in [0.15, 0.2) is 0 Å². The van der Waals surface area contributed by atoms with Crippen LogP contribution in [0.3, 0.4) is 0 Å². The Kier molecular flexibility index (Phi) is 2.93. The van der Waals surface area contributed by atoms with Gasteiger partial charge in [-0.1, -0.05) is 0 Å². The maximum Gasteiger partial charge on any atom is 0.252 e. The first-order chi connectivity index (χ1) is 9.07. The Hall–Kier alpha value is -1.62. The number of primary amides is 1. The van der Waals surface area contributed by atoms with Crippen LogP contribution >= 0.6 is 0 Å². The Balaban J connectivity index is 1.97. The zero-order valence-corrected chi connectivity index (χ0v) is 11.3. The second-order valence-corrected chi connectivity index (χ2v) is 5.82. The summed E-state index contributed by atoms with van der Waals surface area (Å²) in [6.45, 7) is 4.01. The average Bonchev–Trinajstić information content (AvgIpc) is 2.96. The lowest BCUT2D eigenvalue weighted by atomic mass is 10.0. The Bertz CT molecular complexity index is 520. The van der Waals surface area contributed by atoms with Crippen LogP contribution < -0.4 is 16.4 Å². The minimum absolute atomic E-state index is 0.0515. The Morgan fingerprint density at radius 1 is 1.53 bits per heavy atom. The molecule has 2 heterocycles. The van der Waals surface area contributed by atoms with Crippen LogP contribution in [-0.2, 0) is 12.8 Å². The molecule has 0 bridgehead atoms. The molecule has 1 aliphatic carbocycles. The summed E-state index contributed by atoms with van der Waals surface area (Å²) in [6, 6.07) is 1.92. The highest BCUT2D eigenvalue weighted by molar-refractivity contribution is 5.98. The molecule has 1 aliphatic heterocycles. The second-order valence-electron chi connectivity index (χ2n) is 5.82. The van der Waals surface area contributed by atoms with Crippen molar-refractivity contribution in [2.75, 3.05) is 18.4 Å². The topological polar surface area (TPSA) is 80.0 Å². The van der Waals surface area contributed by atoms with E-state index in [4.69, 9.17) is 5.73 Å². The first kappa shape index (κ1) is 12.4. The third kappa shape index (κ3) is 2.30. The summed E-state index contributed by atoms with van der Waals surface area (Å²) in [5.74, 6) is 0.249. The fraction of sp³-hybridized carbons (Fsp3) is 0.571. The molecule has 5 heteroatoms. The molecule has 3 rings (SSSR count). The molecule has 4 N–H and O–H groups in total. The van der Waals surface area contributed by atoms with Crippen LogP contribution in [0, 0.1) is 0 Å². The SMILES string of the molecule is CC1(Nc2nc3c(cc2C(N)=O)CCC3)CCNC1. The van der Waals surface area contributed by atoms with E-state index in [0.29, 0.717) is 11.4 Å². The van der Waals surface area contributed by atoms with Crippen LogP contribution in [0.5, 0.6) is 0 Å². The van der Waals surface area contributed by atoms with Gasteiger partial charge in [-0.25, -0.2) is 4.98 Å². The van der Waals surface area contributed by atoms with Gasteiger partial charge in [0.1, 0.15) is 5.82 Å². The highest BCUT2D eigenvalue weighted by atomic mass is 16.1. The van der Waals surface area contributed by atoms with E-state index in [1.54, 1.807) is 0 Å². The minimum atomic E-state index is -0.403. The lowest BCUT2D eigenvalue weighted by molar-refractivity contribution is 0.100.